The highest BCUT2D eigenvalue weighted by atomic mass is 19.1. The van der Waals surface area contributed by atoms with Crippen molar-refractivity contribution < 1.29 is 4.39 Å². The monoisotopic (exact) mass is 233 g/mol. The molecule has 0 amide bonds. The lowest BCUT2D eigenvalue weighted by Crippen LogP contribution is -2.27. The van der Waals surface area contributed by atoms with Crippen LogP contribution in [-0.2, 0) is 7.05 Å². The molecular weight excluding hydrogens is 217 g/mol. The van der Waals surface area contributed by atoms with E-state index in [1.165, 1.54) is 11.9 Å². The van der Waals surface area contributed by atoms with Gasteiger partial charge in [0.15, 0.2) is 0 Å². The molecule has 0 atom stereocenters. The number of fused-ring (bicyclic) bond motifs is 1. The number of hydrogen-bond donors (Lipinski definition) is 1. The van der Waals surface area contributed by atoms with Crippen LogP contribution in [0.3, 0.4) is 0 Å². The van der Waals surface area contributed by atoms with Crippen LogP contribution in [0.15, 0.2) is 18.3 Å². The second kappa shape index (κ2) is 4.11. The van der Waals surface area contributed by atoms with Gasteiger partial charge < -0.3 is 9.88 Å². The summed E-state index contributed by atoms with van der Waals surface area (Å²) in [7, 11) is 2.02. The molecule has 1 fully saturated rings. The van der Waals surface area contributed by atoms with E-state index in [4.69, 9.17) is 0 Å². The lowest BCUT2D eigenvalue weighted by molar-refractivity contribution is 0.446. The molecule has 0 unspecified atom stereocenters. The number of nitrogens with zero attached hydrogens (tertiary/aromatic N) is 2. The molecule has 1 saturated heterocycles. The Morgan fingerprint density at radius 1 is 1.35 bits per heavy atom. The van der Waals surface area contributed by atoms with E-state index in [0.29, 0.717) is 5.92 Å². The Balaban J connectivity index is 2.07. The Morgan fingerprint density at radius 2 is 2.12 bits per heavy atom. The summed E-state index contributed by atoms with van der Waals surface area (Å²) in [5.41, 5.74) is 2.15. The van der Waals surface area contributed by atoms with Crippen LogP contribution in [0.25, 0.3) is 11.0 Å². The van der Waals surface area contributed by atoms with E-state index < -0.39 is 0 Å². The van der Waals surface area contributed by atoms with E-state index in [9.17, 15) is 4.39 Å². The molecule has 1 aliphatic heterocycles. The molecule has 0 bridgehead atoms. The molecular formula is C13H16FN3. The van der Waals surface area contributed by atoms with Crippen molar-refractivity contribution in [3.05, 3.63) is 29.8 Å². The standard InChI is InChI=1S/C13H16FN3/c1-17-12(9-2-4-15-5-3-9)7-10-6-11(14)8-16-13(10)17/h6-9,15H,2-5H2,1H3. The van der Waals surface area contributed by atoms with Crippen LogP contribution in [-0.4, -0.2) is 22.6 Å². The smallest absolute Gasteiger partial charge is 0.142 e. The van der Waals surface area contributed by atoms with Gasteiger partial charge in [-0.15, -0.1) is 0 Å². The van der Waals surface area contributed by atoms with E-state index >= 15 is 0 Å². The molecule has 0 radical (unpaired) electrons. The zero-order valence-electron chi connectivity index (χ0n) is 9.91. The second-order valence-corrected chi connectivity index (χ2v) is 4.72. The van der Waals surface area contributed by atoms with Gasteiger partial charge in [-0.3, -0.25) is 0 Å². The number of halogens is 1. The van der Waals surface area contributed by atoms with Gasteiger partial charge in [-0.2, -0.15) is 0 Å². The van der Waals surface area contributed by atoms with E-state index in [1.807, 2.05) is 7.05 Å². The Morgan fingerprint density at radius 3 is 2.88 bits per heavy atom. The fourth-order valence-corrected chi connectivity index (χ4v) is 2.72. The van der Waals surface area contributed by atoms with Crippen molar-refractivity contribution in [1.29, 1.82) is 0 Å². The van der Waals surface area contributed by atoms with Gasteiger partial charge in [-0.25, -0.2) is 9.37 Å². The third-order valence-corrected chi connectivity index (χ3v) is 3.63. The van der Waals surface area contributed by atoms with Crippen molar-refractivity contribution in [2.24, 2.45) is 7.05 Å². The summed E-state index contributed by atoms with van der Waals surface area (Å²) in [5, 5.41) is 4.27. The van der Waals surface area contributed by atoms with Crippen LogP contribution in [0.1, 0.15) is 24.5 Å². The third-order valence-electron chi connectivity index (χ3n) is 3.63. The van der Waals surface area contributed by atoms with Crippen molar-refractivity contribution in [2.75, 3.05) is 13.1 Å². The Hall–Kier alpha value is -1.42. The molecule has 2 aromatic heterocycles. The molecule has 3 heterocycles. The van der Waals surface area contributed by atoms with Gasteiger partial charge in [-0.05, 0) is 38.1 Å². The Labute approximate surface area is 99.7 Å². The summed E-state index contributed by atoms with van der Waals surface area (Å²) in [6, 6.07) is 3.65. The molecule has 1 N–H and O–H groups in total. The zero-order chi connectivity index (χ0) is 11.8. The average Bonchev–Trinajstić information content (AvgIpc) is 2.67. The van der Waals surface area contributed by atoms with Crippen molar-refractivity contribution in [1.82, 2.24) is 14.9 Å². The summed E-state index contributed by atoms with van der Waals surface area (Å²) in [6.07, 6.45) is 3.58. The Bertz CT molecular complexity index is 541. The van der Waals surface area contributed by atoms with Crippen LogP contribution >= 0.6 is 0 Å². The van der Waals surface area contributed by atoms with E-state index in [0.717, 1.165) is 37.0 Å². The van der Waals surface area contributed by atoms with Gasteiger partial charge in [0.1, 0.15) is 11.5 Å². The van der Waals surface area contributed by atoms with E-state index in [1.54, 1.807) is 6.07 Å². The summed E-state index contributed by atoms with van der Waals surface area (Å²) in [6.45, 7) is 2.13. The number of rotatable bonds is 1. The predicted molar refractivity (Wildman–Crippen MR) is 65.5 cm³/mol. The quantitative estimate of drug-likeness (QED) is 0.818. The molecule has 17 heavy (non-hydrogen) atoms. The van der Waals surface area contributed by atoms with Crippen molar-refractivity contribution >= 4 is 11.0 Å². The fraction of sp³-hybridized carbons (Fsp3) is 0.462. The maximum Gasteiger partial charge on any atom is 0.142 e. The SMILES string of the molecule is Cn1c(C2CCNCC2)cc2cc(F)cnc21. The molecule has 3 rings (SSSR count). The van der Waals surface area contributed by atoms with Crippen molar-refractivity contribution in [2.45, 2.75) is 18.8 Å². The molecule has 3 nitrogen and oxygen atoms in total. The van der Waals surface area contributed by atoms with E-state index in [2.05, 4.69) is 20.9 Å². The first kappa shape index (κ1) is 10.7. The van der Waals surface area contributed by atoms with Crippen molar-refractivity contribution in [3.8, 4) is 0 Å². The van der Waals surface area contributed by atoms with Gasteiger partial charge in [0.25, 0.3) is 0 Å². The third kappa shape index (κ3) is 1.82. The molecule has 0 aliphatic carbocycles. The molecule has 4 heteroatoms. The van der Waals surface area contributed by atoms with Gasteiger partial charge in [0.05, 0.1) is 6.20 Å². The maximum absolute atomic E-state index is 13.1. The Kier molecular flexibility index (Phi) is 2.59. The summed E-state index contributed by atoms with van der Waals surface area (Å²) >= 11 is 0. The highest BCUT2D eigenvalue weighted by Crippen LogP contribution is 2.29. The summed E-state index contributed by atoms with van der Waals surface area (Å²) < 4.78 is 15.2. The minimum atomic E-state index is -0.264. The highest BCUT2D eigenvalue weighted by Gasteiger charge is 2.19. The molecule has 0 spiro atoms. The molecule has 1 aliphatic rings. The second-order valence-electron chi connectivity index (χ2n) is 4.72. The maximum atomic E-state index is 13.1. The first-order valence-electron chi connectivity index (χ1n) is 6.07. The number of nitrogens with one attached hydrogen (secondary N) is 1. The van der Waals surface area contributed by atoms with Gasteiger partial charge in [0.2, 0.25) is 0 Å². The van der Waals surface area contributed by atoms with Crippen LogP contribution in [0, 0.1) is 5.82 Å². The highest BCUT2D eigenvalue weighted by molar-refractivity contribution is 5.77. The minimum Gasteiger partial charge on any atom is -0.332 e. The van der Waals surface area contributed by atoms with Gasteiger partial charge >= 0.3 is 0 Å². The number of hydrogen-bond acceptors (Lipinski definition) is 2. The summed E-state index contributed by atoms with van der Waals surface area (Å²) in [4.78, 5) is 4.17. The van der Waals surface area contributed by atoms with Crippen molar-refractivity contribution in [3.63, 3.8) is 0 Å². The van der Waals surface area contributed by atoms with Crippen LogP contribution in [0.5, 0.6) is 0 Å². The van der Waals surface area contributed by atoms with E-state index in [-0.39, 0.29) is 5.82 Å². The molecule has 0 saturated carbocycles. The first-order valence-corrected chi connectivity index (χ1v) is 6.07. The fourth-order valence-electron chi connectivity index (χ4n) is 2.72. The van der Waals surface area contributed by atoms with Gasteiger partial charge in [0, 0.05) is 24.0 Å². The van der Waals surface area contributed by atoms with Crippen LogP contribution in [0.2, 0.25) is 0 Å². The first-order chi connectivity index (χ1) is 8.25. The van der Waals surface area contributed by atoms with Crippen LogP contribution in [0.4, 0.5) is 4.39 Å². The number of aryl methyl sites for hydroxylation is 1. The molecule has 2 aromatic rings. The van der Waals surface area contributed by atoms with Crippen LogP contribution < -0.4 is 5.32 Å². The molecule has 90 valence electrons. The topological polar surface area (TPSA) is 29.9 Å². The summed E-state index contributed by atoms with van der Waals surface area (Å²) in [5.74, 6) is 0.304. The largest absolute Gasteiger partial charge is 0.332 e. The van der Waals surface area contributed by atoms with Gasteiger partial charge in [-0.1, -0.05) is 0 Å². The minimum absolute atomic E-state index is 0.264. The lowest BCUT2D eigenvalue weighted by atomic mass is 9.94. The average molecular weight is 233 g/mol. The lowest BCUT2D eigenvalue weighted by Gasteiger charge is -2.23. The normalized spacial score (nSPS) is 17.8. The molecule has 0 aromatic carbocycles. The predicted octanol–water partition coefficient (Wildman–Crippen LogP) is 2.18. The zero-order valence-corrected chi connectivity index (χ0v) is 9.91. The number of piperidine rings is 1. The number of pyridine rings is 1. The number of aromatic nitrogens is 2.